The first-order valence-corrected chi connectivity index (χ1v) is 8.82. The van der Waals surface area contributed by atoms with Gasteiger partial charge < -0.3 is 0 Å². The molecule has 1 saturated carbocycles. The van der Waals surface area contributed by atoms with Crippen LogP contribution in [0.3, 0.4) is 0 Å². The zero-order valence-electron chi connectivity index (χ0n) is 12.6. The van der Waals surface area contributed by atoms with Gasteiger partial charge in [-0.05, 0) is 43.7 Å². The van der Waals surface area contributed by atoms with Crippen LogP contribution in [0.5, 0.6) is 0 Å². The lowest BCUT2D eigenvalue weighted by Crippen LogP contribution is -2.28. The lowest BCUT2D eigenvalue weighted by atomic mass is 9.69. The molecule has 21 heavy (non-hydrogen) atoms. The maximum atomic E-state index is 9.72. The minimum absolute atomic E-state index is 0.169. The first-order valence-electron chi connectivity index (χ1n) is 8.00. The fraction of sp³-hybridized carbons (Fsp3) is 0.556. The fourth-order valence-corrected chi connectivity index (χ4v) is 4.65. The van der Waals surface area contributed by atoms with Crippen LogP contribution in [0.1, 0.15) is 50.5 Å². The fourth-order valence-electron chi connectivity index (χ4n) is 3.54. The van der Waals surface area contributed by atoms with E-state index in [1.54, 1.807) is 11.3 Å². The number of rotatable bonds is 4. The molecule has 110 valence electrons. The van der Waals surface area contributed by atoms with Gasteiger partial charge in [0.05, 0.1) is 26.7 Å². The predicted octanol–water partition coefficient (Wildman–Crippen LogP) is 5.34. The summed E-state index contributed by atoms with van der Waals surface area (Å²) in [5.41, 5.74) is 0.906. The molecule has 0 radical (unpaired) electrons. The largest absolute Gasteiger partial charge is 0.241 e. The van der Waals surface area contributed by atoms with Crippen LogP contribution in [0, 0.1) is 22.7 Å². The van der Waals surface area contributed by atoms with Gasteiger partial charge >= 0.3 is 0 Å². The van der Waals surface area contributed by atoms with Crippen molar-refractivity contribution in [2.45, 2.75) is 51.9 Å². The summed E-state index contributed by atoms with van der Waals surface area (Å²) in [7, 11) is 0. The third-order valence-electron chi connectivity index (χ3n) is 4.82. The van der Waals surface area contributed by atoms with Gasteiger partial charge in [-0.15, -0.1) is 11.3 Å². The van der Waals surface area contributed by atoms with Gasteiger partial charge in [-0.2, -0.15) is 5.26 Å². The van der Waals surface area contributed by atoms with E-state index in [-0.39, 0.29) is 5.41 Å². The number of nitrogens with zero attached hydrogens (tertiary/aromatic N) is 2. The molecule has 0 aliphatic heterocycles. The van der Waals surface area contributed by atoms with E-state index in [4.69, 9.17) is 4.98 Å². The molecule has 0 N–H and O–H groups in total. The highest BCUT2D eigenvalue weighted by Crippen LogP contribution is 2.43. The molecule has 1 aliphatic carbocycles. The molecule has 0 amide bonds. The van der Waals surface area contributed by atoms with E-state index in [0.29, 0.717) is 0 Å². The van der Waals surface area contributed by atoms with Crippen molar-refractivity contribution in [3.8, 4) is 6.07 Å². The summed E-state index contributed by atoms with van der Waals surface area (Å²) < 4.78 is 1.24. The van der Waals surface area contributed by atoms with Gasteiger partial charge in [-0.1, -0.05) is 31.9 Å². The normalized spacial score (nSPS) is 25.8. The Bertz CT molecular complexity index is 612. The van der Waals surface area contributed by atoms with Crippen LogP contribution >= 0.6 is 11.3 Å². The molecule has 0 atom stereocenters. The van der Waals surface area contributed by atoms with Crippen LogP contribution in [-0.2, 0) is 6.42 Å². The number of benzene rings is 1. The molecule has 0 saturated heterocycles. The Morgan fingerprint density at radius 2 is 2.10 bits per heavy atom. The van der Waals surface area contributed by atoms with Crippen molar-refractivity contribution in [2.24, 2.45) is 11.3 Å². The molecular formula is C18H22N2S. The number of fused-ring (bicyclic) bond motifs is 1. The molecule has 1 aliphatic rings. The van der Waals surface area contributed by atoms with Crippen LogP contribution in [0.2, 0.25) is 0 Å². The Morgan fingerprint density at radius 1 is 1.33 bits per heavy atom. The molecule has 3 heteroatoms. The summed E-state index contributed by atoms with van der Waals surface area (Å²) in [6.07, 6.45) is 7.94. The van der Waals surface area contributed by atoms with Gasteiger partial charge in [0.25, 0.3) is 0 Å². The van der Waals surface area contributed by atoms with Crippen LogP contribution < -0.4 is 0 Å². The maximum Gasteiger partial charge on any atom is 0.0954 e. The highest BCUT2D eigenvalue weighted by Gasteiger charge is 2.36. The Labute approximate surface area is 130 Å². The zero-order valence-corrected chi connectivity index (χ0v) is 13.5. The Morgan fingerprint density at radius 3 is 2.76 bits per heavy atom. The smallest absolute Gasteiger partial charge is 0.0954 e. The molecule has 1 aromatic heterocycles. The van der Waals surface area contributed by atoms with Crippen molar-refractivity contribution in [2.75, 3.05) is 0 Å². The van der Waals surface area contributed by atoms with Crippen molar-refractivity contribution >= 4 is 21.6 Å². The summed E-state index contributed by atoms with van der Waals surface area (Å²) in [6.45, 7) is 2.26. The molecule has 0 spiro atoms. The highest BCUT2D eigenvalue weighted by molar-refractivity contribution is 7.18. The van der Waals surface area contributed by atoms with E-state index < -0.39 is 0 Å². The number of nitriles is 1. The predicted molar refractivity (Wildman–Crippen MR) is 88.2 cm³/mol. The first-order chi connectivity index (χ1) is 10.2. The number of para-hydroxylation sites is 1. The minimum Gasteiger partial charge on any atom is -0.241 e. The quantitative estimate of drug-likeness (QED) is 0.764. The molecule has 1 fully saturated rings. The van der Waals surface area contributed by atoms with E-state index >= 15 is 0 Å². The number of thiazole rings is 1. The molecule has 1 heterocycles. The van der Waals surface area contributed by atoms with Gasteiger partial charge in [0, 0.05) is 6.42 Å². The number of aromatic nitrogens is 1. The number of hydrogen-bond acceptors (Lipinski definition) is 3. The van der Waals surface area contributed by atoms with E-state index in [0.717, 1.165) is 35.7 Å². The van der Waals surface area contributed by atoms with Gasteiger partial charge in [0.2, 0.25) is 0 Å². The second-order valence-electron chi connectivity index (χ2n) is 6.38. The second kappa shape index (κ2) is 6.15. The zero-order chi connectivity index (χ0) is 14.7. The van der Waals surface area contributed by atoms with Crippen LogP contribution in [0.4, 0.5) is 0 Å². The summed E-state index contributed by atoms with van der Waals surface area (Å²) >= 11 is 1.75. The van der Waals surface area contributed by atoms with E-state index in [1.807, 2.05) is 6.07 Å². The van der Waals surface area contributed by atoms with Crippen molar-refractivity contribution in [3.05, 3.63) is 29.3 Å². The van der Waals surface area contributed by atoms with Gasteiger partial charge in [0.1, 0.15) is 0 Å². The van der Waals surface area contributed by atoms with E-state index in [1.165, 1.54) is 30.4 Å². The third kappa shape index (κ3) is 3.11. The van der Waals surface area contributed by atoms with Crippen LogP contribution in [0.25, 0.3) is 10.2 Å². The van der Waals surface area contributed by atoms with E-state index in [2.05, 4.69) is 31.2 Å². The summed E-state index contributed by atoms with van der Waals surface area (Å²) in [6, 6.07) is 10.9. The molecule has 1 aromatic carbocycles. The SMILES string of the molecule is CCCC1CCC(C#N)(Cc2nc3ccccc3s2)CC1. The highest BCUT2D eigenvalue weighted by atomic mass is 32.1. The second-order valence-corrected chi connectivity index (χ2v) is 7.49. The Kier molecular flexibility index (Phi) is 4.26. The average molecular weight is 298 g/mol. The summed E-state index contributed by atoms with van der Waals surface area (Å²) in [5.74, 6) is 0.840. The summed E-state index contributed by atoms with van der Waals surface area (Å²) in [5, 5.41) is 10.9. The molecule has 2 aromatic rings. The van der Waals surface area contributed by atoms with E-state index in [9.17, 15) is 5.26 Å². The first kappa shape index (κ1) is 14.5. The van der Waals surface area contributed by atoms with Gasteiger partial charge in [-0.3, -0.25) is 0 Å². The molecule has 2 nitrogen and oxygen atoms in total. The minimum atomic E-state index is -0.169. The van der Waals surface area contributed by atoms with Crippen LogP contribution in [-0.4, -0.2) is 4.98 Å². The lowest BCUT2D eigenvalue weighted by molar-refractivity contribution is 0.200. The number of hydrogen-bond donors (Lipinski definition) is 0. The standard InChI is InChI=1S/C18H22N2S/c1-2-5-14-8-10-18(13-19,11-9-14)12-17-20-15-6-3-4-7-16(15)21-17/h3-4,6-7,14H,2,5,8-12H2,1H3. The Hall–Kier alpha value is -1.40. The molecule has 0 unspecified atom stereocenters. The topological polar surface area (TPSA) is 36.7 Å². The van der Waals surface area contributed by atoms with Gasteiger partial charge in [-0.25, -0.2) is 4.98 Å². The Balaban J connectivity index is 1.74. The molecular weight excluding hydrogens is 276 g/mol. The molecule has 3 rings (SSSR count). The van der Waals surface area contributed by atoms with Crippen molar-refractivity contribution < 1.29 is 0 Å². The van der Waals surface area contributed by atoms with Gasteiger partial charge in [0.15, 0.2) is 0 Å². The summed E-state index contributed by atoms with van der Waals surface area (Å²) in [4.78, 5) is 4.72. The maximum absolute atomic E-state index is 9.72. The van der Waals surface area contributed by atoms with Crippen molar-refractivity contribution in [1.82, 2.24) is 4.98 Å². The monoisotopic (exact) mass is 298 g/mol. The third-order valence-corrected chi connectivity index (χ3v) is 5.86. The van der Waals surface area contributed by atoms with Crippen molar-refractivity contribution in [3.63, 3.8) is 0 Å². The average Bonchev–Trinajstić information content (AvgIpc) is 2.91. The lowest BCUT2D eigenvalue weighted by Gasteiger charge is -2.34. The van der Waals surface area contributed by atoms with Crippen molar-refractivity contribution in [1.29, 1.82) is 5.26 Å². The molecule has 0 bridgehead atoms. The van der Waals surface area contributed by atoms with Crippen LogP contribution in [0.15, 0.2) is 24.3 Å².